The molecule has 18 heavy (non-hydrogen) atoms. The first kappa shape index (κ1) is 13.4. The molecule has 2 rings (SSSR count). The summed E-state index contributed by atoms with van der Waals surface area (Å²) in [5.74, 6) is 1.61. The summed E-state index contributed by atoms with van der Waals surface area (Å²) < 4.78 is 7.41. The van der Waals surface area contributed by atoms with Crippen molar-refractivity contribution in [1.29, 1.82) is 0 Å². The minimum absolute atomic E-state index is 0.0404. The summed E-state index contributed by atoms with van der Waals surface area (Å²) in [5, 5.41) is 13.9. The molecule has 5 nitrogen and oxygen atoms in total. The largest absolute Gasteiger partial charge is 0.391 e. The number of ether oxygens (including phenoxy) is 1. The van der Waals surface area contributed by atoms with Gasteiger partial charge in [0.1, 0.15) is 5.82 Å². The molecule has 1 aromatic rings. The van der Waals surface area contributed by atoms with Crippen LogP contribution in [0.3, 0.4) is 0 Å². The lowest BCUT2D eigenvalue weighted by molar-refractivity contribution is 0.0494. The molecule has 102 valence electrons. The van der Waals surface area contributed by atoms with Gasteiger partial charge < -0.3 is 14.7 Å². The van der Waals surface area contributed by atoms with Crippen LogP contribution in [0.1, 0.15) is 24.6 Å². The Morgan fingerprint density at radius 3 is 2.83 bits per heavy atom. The number of hydrogen-bond donors (Lipinski definition) is 1. The Balaban J connectivity index is 2.26. The number of hydrogen-bond acceptors (Lipinski definition) is 4. The summed E-state index contributed by atoms with van der Waals surface area (Å²) in [6.45, 7) is 6.07. The van der Waals surface area contributed by atoms with Gasteiger partial charge in [0, 0.05) is 32.8 Å². The van der Waals surface area contributed by atoms with Gasteiger partial charge in [-0.2, -0.15) is 5.10 Å². The first-order chi connectivity index (χ1) is 8.58. The molecule has 0 radical (unpaired) electrons. The smallest absolute Gasteiger partial charge is 0.132 e. The number of nitrogens with zero attached hydrogens (tertiary/aromatic N) is 3. The topological polar surface area (TPSA) is 50.5 Å². The summed E-state index contributed by atoms with van der Waals surface area (Å²) in [4.78, 5) is 2.28. The molecule has 1 aliphatic heterocycles. The van der Waals surface area contributed by atoms with E-state index in [0.717, 1.165) is 36.6 Å². The SMILES string of the molecule is COC1CN(c2c(CO)c(C)nn2C)CCC1C. The number of anilines is 1. The van der Waals surface area contributed by atoms with E-state index >= 15 is 0 Å². The summed E-state index contributed by atoms with van der Waals surface area (Å²) in [6, 6.07) is 0. The van der Waals surface area contributed by atoms with Crippen molar-refractivity contribution in [3.05, 3.63) is 11.3 Å². The quantitative estimate of drug-likeness (QED) is 0.876. The molecular weight excluding hydrogens is 230 g/mol. The predicted molar refractivity (Wildman–Crippen MR) is 70.7 cm³/mol. The van der Waals surface area contributed by atoms with Gasteiger partial charge in [-0.15, -0.1) is 0 Å². The minimum atomic E-state index is 0.0404. The zero-order valence-electron chi connectivity index (χ0n) is 11.7. The molecule has 2 heterocycles. The van der Waals surface area contributed by atoms with Crippen molar-refractivity contribution < 1.29 is 9.84 Å². The highest BCUT2D eigenvalue weighted by molar-refractivity contribution is 5.50. The van der Waals surface area contributed by atoms with Gasteiger partial charge in [-0.1, -0.05) is 6.92 Å². The van der Waals surface area contributed by atoms with Gasteiger partial charge in [0.15, 0.2) is 0 Å². The number of aliphatic hydroxyl groups excluding tert-OH is 1. The Labute approximate surface area is 108 Å². The van der Waals surface area contributed by atoms with E-state index in [4.69, 9.17) is 4.74 Å². The van der Waals surface area contributed by atoms with E-state index < -0.39 is 0 Å². The van der Waals surface area contributed by atoms with Gasteiger partial charge in [0.25, 0.3) is 0 Å². The average Bonchev–Trinajstić information content (AvgIpc) is 2.64. The third kappa shape index (κ3) is 2.24. The summed E-state index contributed by atoms with van der Waals surface area (Å²) in [7, 11) is 3.70. The zero-order valence-corrected chi connectivity index (χ0v) is 11.7. The highest BCUT2D eigenvalue weighted by atomic mass is 16.5. The van der Waals surface area contributed by atoms with E-state index in [9.17, 15) is 5.11 Å². The fourth-order valence-electron chi connectivity index (χ4n) is 2.80. The number of rotatable bonds is 3. The fourth-order valence-corrected chi connectivity index (χ4v) is 2.80. The third-order valence-corrected chi connectivity index (χ3v) is 3.96. The van der Waals surface area contributed by atoms with Crippen LogP contribution in [0.15, 0.2) is 0 Å². The predicted octanol–water partition coefficient (Wildman–Crippen LogP) is 1.08. The Morgan fingerprint density at radius 2 is 2.22 bits per heavy atom. The second-order valence-corrected chi connectivity index (χ2v) is 5.16. The van der Waals surface area contributed by atoms with Crippen LogP contribution in [-0.2, 0) is 18.4 Å². The molecule has 1 N–H and O–H groups in total. The maximum Gasteiger partial charge on any atom is 0.132 e. The van der Waals surface area contributed by atoms with Gasteiger partial charge in [0.05, 0.1) is 18.4 Å². The van der Waals surface area contributed by atoms with E-state index in [0.29, 0.717) is 5.92 Å². The van der Waals surface area contributed by atoms with Gasteiger partial charge in [-0.3, -0.25) is 4.68 Å². The molecular formula is C13H23N3O2. The summed E-state index contributed by atoms with van der Waals surface area (Å²) in [5.41, 5.74) is 1.84. The van der Waals surface area contributed by atoms with Gasteiger partial charge >= 0.3 is 0 Å². The second kappa shape index (κ2) is 5.28. The van der Waals surface area contributed by atoms with E-state index in [1.807, 2.05) is 18.7 Å². The number of aryl methyl sites for hydroxylation is 2. The Kier molecular flexibility index (Phi) is 3.92. The molecule has 1 saturated heterocycles. The maximum absolute atomic E-state index is 9.51. The van der Waals surface area contributed by atoms with Crippen LogP contribution >= 0.6 is 0 Å². The molecule has 0 aromatic carbocycles. The van der Waals surface area contributed by atoms with Crippen LogP contribution in [0.25, 0.3) is 0 Å². The van der Waals surface area contributed by atoms with Crippen LogP contribution in [0.5, 0.6) is 0 Å². The van der Waals surface area contributed by atoms with Crippen molar-refractivity contribution in [1.82, 2.24) is 9.78 Å². The first-order valence-corrected chi connectivity index (χ1v) is 6.49. The number of methoxy groups -OCH3 is 1. The van der Waals surface area contributed by atoms with Gasteiger partial charge in [-0.25, -0.2) is 0 Å². The first-order valence-electron chi connectivity index (χ1n) is 6.49. The monoisotopic (exact) mass is 253 g/mol. The molecule has 1 fully saturated rings. The standard InChI is InChI=1S/C13H23N3O2/c1-9-5-6-16(7-12(9)18-4)13-11(8-17)10(2)14-15(13)3/h9,12,17H,5-8H2,1-4H3. The molecule has 0 spiro atoms. The van der Waals surface area contributed by atoms with Gasteiger partial charge in [0.2, 0.25) is 0 Å². The molecule has 2 unspecified atom stereocenters. The molecule has 0 aliphatic carbocycles. The Morgan fingerprint density at radius 1 is 1.50 bits per heavy atom. The summed E-state index contributed by atoms with van der Waals surface area (Å²) >= 11 is 0. The lowest BCUT2D eigenvalue weighted by Crippen LogP contribution is -2.45. The van der Waals surface area contributed by atoms with Crippen LogP contribution in [0.4, 0.5) is 5.82 Å². The molecule has 0 saturated carbocycles. The second-order valence-electron chi connectivity index (χ2n) is 5.16. The molecule has 1 aromatic heterocycles. The highest BCUT2D eigenvalue weighted by Gasteiger charge is 2.29. The van der Waals surface area contributed by atoms with Crippen molar-refractivity contribution in [3.63, 3.8) is 0 Å². The zero-order chi connectivity index (χ0) is 13.3. The number of aliphatic hydroxyl groups is 1. The van der Waals surface area contributed by atoms with E-state index in [1.54, 1.807) is 7.11 Å². The minimum Gasteiger partial charge on any atom is -0.391 e. The van der Waals surface area contributed by atoms with Crippen molar-refractivity contribution >= 4 is 5.82 Å². The van der Waals surface area contributed by atoms with Crippen molar-refractivity contribution in [2.45, 2.75) is 33.0 Å². The fraction of sp³-hybridized carbons (Fsp3) is 0.769. The van der Waals surface area contributed by atoms with E-state index in [-0.39, 0.29) is 12.7 Å². The van der Waals surface area contributed by atoms with Crippen LogP contribution in [0, 0.1) is 12.8 Å². The normalized spacial score (nSPS) is 24.6. The van der Waals surface area contributed by atoms with Crippen LogP contribution < -0.4 is 4.90 Å². The van der Waals surface area contributed by atoms with E-state index in [1.165, 1.54) is 0 Å². The van der Waals surface area contributed by atoms with E-state index in [2.05, 4.69) is 16.9 Å². The molecule has 0 bridgehead atoms. The lowest BCUT2D eigenvalue weighted by atomic mass is 9.95. The number of aromatic nitrogens is 2. The molecule has 5 heteroatoms. The molecule has 2 atom stereocenters. The summed E-state index contributed by atoms with van der Waals surface area (Å²) in [6.07, 6.45) is 1.36. The Hall–Kier alpha value is -1.07. The van der Waals surface area contributed by atoms with Crippen molar-refractivity contribution in [3.8, 4) is 0 Å². The number of piperidine rings is 1. The molecule has 1 aliphatic rings. The van der Waals surface area contributed by atoms with Crippen molar-refractivity contribution in [2.24, 2.45) is 13.0 Å². The average molecular weight is 253 g/mol. The van der Waals surface area contributed by atoms with Crippen LogP contribution in [0.2, 0.25) is 0 Å². The third-order valence-electron chi connectivity index (χ3n) is 3.96. The van der Waals surface area contributed by atoms with Gasteiger partial charge in [-0.05, 0) is 19.3 Å². The van der Waals surface area contributed by atoms with Crippen molar-refractivity contribution in [2.75, 3.05) is 25.1 Å². The molecule has 0 amide bonds. The van der Waals surface area contributed by atoms with Crippen LogP contribution in [-0.4, -0.2) is 41.2 Å². The Bertz CT molecular complexity index is 417. The maximum atomic E-state index is 9.51. The highest BCUT2D eigenvalue weighted by Crippen LogP contribution is 2.28. The lowest BCUT2D eigenvalue weighted by Gasteiger charge is -2.37.